The van der Waals surface area contributed by atoms with Crippen LogP contribution in [0.5, 0.6) is 0 Å². The van der Waals surface area contributed by atoms with Gasteiger partial charge in [-0.25, -0.2) is 0 Å². The molecule has 1 aromatic heterocycles. The van der Waals surface area contributed by atoms with E-state index in [-0.39, 0.29) is 5.91 Å². The van der Waals surface area contributed by atoms with Gasteiger partial charge in [-0.3, -0.25) is 9.89 Å². The lowest BCUT2D eigenvalue weighted by atomic mass is 10.2. The van der Waals surface area contributed by atoms with Crippen molar-refractivity contribution < 1.29 is 4.79 Å². The van der Waals surface area contributed by atoms with Crippen LogP contribution in [-0.2, 0) is 6.54 Å². The van der Waals surface area contributed by atoms with Gasteiger partial charge in [0.1, 0.15) is 0 Å². The molecule has 4 nitrogen and oxygen atoms in total. The Morgan fingerprint density at radius 3 is 2.72 bits per heavy atom. The van der Waals surface area contributed by atoms with Crippen LogP contribution in [0.15, 0.2) is 42.7 Å². The minimum Gasteiger partial charge on any atom is -0.333 e. The van der Waals surface area contributed by atoms with E-state index in [4.69, 9.17) is 0 Å². The van der Waals surface area contributed by atoms with E-state index < -0.39 is 0 Å². The van der Waals surface area contributed by atoms with Crippen LogP contribution in [-0.4, -0.2) is 32.9 Å². The van der Waals surface area contributed by atoms with Gasteiger partial charge in [-0.15, -0.1) is 0 Å². The molecule has 0 aliphatic heterocycles. The van der Waals surface area contributed by atoms with Gasteiger partial charge in [0.15, 0.2) is 0 Å². The number of halogens is 1. The van der Waals surface area contributed by atoms with E-state index in [2.05, 4.69) is 26.1 Å². The van der Waals surface area contributed by atoms with Gasteiger partial charge >= 0.3 is 0 Å². The maximum absolute atomic E-state index is 12.2. The molecule has 0 bridgehead atoms. The maximum atomic E-state index is 12.2. The van der Waals surface area contributed by atoms with Gasteiger partial charge in [-0.1, -0.05) is 46.3 Å². The number of nitrogens with one attached hydrogen (secondary N) is 1. The number of aromatic nitrogens is 2. The van der Waals surface area contributed by atoms with Gasteiger partial charge in [-0.05, 0) is 5.56 Å². The number of hydrogen-bond donors (Lipinski definition) is 1. The Hall–Kier alpha value is -1.62. The second-order valence-electron chi connectivity index (χ2n) is 3.89. The number of aromatic amines is 1. The lowest BCUT2D eigenvalue weighted by Gasteiger charge is -2.21. The molecule has 18 heavy (non-hydrogen) atoms. The summed E-state index contributed by atoms with van der Waals surface area (Å²) < 4.78 is 0. The molecule has 0 spiro atoms. The Labute approximate surface area is 114 Å². The maximum Gasteiger partial charge on any atom is 0.257 e. The fourth-order valence-electron chi connectivity index (χ4n) is 1.71. The molecule has 5 heteroatoms. The number of nitrogens with zero attached hydrogens (tertiary/aromatic N) is 2. The summed E-state index contributed by atoms with van der Waals surface area (Å²) in [5, 5.41) is 7.22. The smallest absolute Gasteiger partial charge is 0.257 e. The summed E-state index contributed by atoms with van der Waals surface area (Å²) >= 11 is 3.38. The van der Waals surface area contributed by atoms with Crippen LogP contribution < -0.4 is 0 Å². The number of benzene rings is 1. The molecule has 1 N–H and O–H groups in total. The molecule has 0 aliphatic rings. The molecule has 2 aromatic rings. The van der Waals surface area contributed by atoms with Crippen molar-refractivity contribution in [3.63, 3.8) is 0 Å². The fraction of sp³-hybridized carbons (Fsp3) is 0.231. The van der Waals surface area contributed by atoms with Crippen molar-refractivity contribution in [2.45, 2.75) is 6.54 Å². The third kappa shape index (κ3) is 3.20. The largest absolute Gasteiger partial charge is 0.333 e. The Morgan fingerprint density at radius 2 is 2.11 bits per heavy atom. The zero-order valence-electron chi connectivity index (χ0n) is 9.84. The molecule has 0 saturated carbocycles. The van der Waals surface area contributed by atoms with Crippen LogP contribution >= 0.6 is 15.9 Å². The molecule has 0 saturated heterocycles. The standard InChI is InChI=1S/C13H14BrN3O/c14-6-7-17(10-11-4-2-1-3-5-11)13(18)12-8-15-16-9-12/h1-5,8-9H,6-7,10H2,(H,15,16). The fourth-order valence-corrected chi connectivity index (χ4v) is 2.14. The minimum absolute atomic E-state index is 0.00736. The first-order chi connectivity index (χ1) is 8.81. The van der Waals surface area contributed by atoms with Gasteiger partial charge in [0.05, 0.1) is 11.8 Å². The van der Waals surface area contributed by atoms with Crippen molar-refractivity contribution in [3.8, 4) is 0 Å². The molecular weight excluding hydrogens is 294 g/mol. The summed E-state index contributed by atoms with van der Waals surface area (Å²) in [6.45, 7) is 1.27. The zero-order chi connectivity index (χ0) is 12.8. The highest BCUT2D eigenvalue weighted by Crippen LogP contribution is 2.09. The lowest BCUT2D eigenvalue weighted by Crippen LogP contribution is -2.32. The van der Waals surface area contributed by atoms with Crippen LogP contribution in [0.1, 0.15) is 15.9 Å². The average Bonchev–Trinajstić information content (AvgIpc) is 2.92. The van der Waals surface area contributed by atoms with Crippen molar-refractivity contribution in [1.29, 1.82) is 0 Å². The van der Waals surface area contributed by atoms with Gasteiger partial charge < -0.3 is 4.90 Å². The quantitative estimate of drug-likeness (QED) is 0.863. The first-order valence-corrected chi connectivity index (χ1v) is 6.81. The highest BCUT2D eigenvalue weighted by atomic mass is 79.9. The number of carbonyl (C=O) groups is 1. The van der Waals surface area contributed by atoms with Gasteiger partial charge in [0.2, 0.25) is 0 Å². The van der Waals surface area contributed by atoms with Crippen molar-refractivity contribution in [1.82, 2.24) is 15.1 Å². The van der Waals surface area contributed by atoms with Crippen LogP contribution in [0.2, 0.25) is 0 Å². The molecule has 94 valence electrons. The van der Waals surface area contributed by atoms with E-state index in [1.54, 1.807) is 17.3 Å². The summed E-state index contributed by atoms with van der Waals surface area (Å²) in [5.41, 5.74) is 1.71. The third-order valence-electron chi connectivity index (χ3n) is 2.60. The molecule has 2 rings (SSSR count). The second kappa shape index (κ2) is 6.35. The summed E-state index contributed by atoms with van der Waals surface area (Å²) in [6.07, 6.45) is 3.17. The van der Waals surface area contributed by atoms with Crippen molar-refractivity contribution in [2.24, 2.45) is 0 Å². The molecular formula is C13H14BrN3O. The number of amides is 1. The number of carbonyl (C=O) groups excluding carboxylic acids is 1. The predicted molar refractivity (Wildman–Crippen MR) is 73.6 cm³/mol. The molecule has 0 fully saturated rings. The SMILES string of the molecule is O=C(c1cn[nH]c1)N(CCBr)Cc1ccccc1. The predicted octanol–water partition coefficient (Wildman–Crippen LogP) is 2.45. The molecule has 0 radical (unpaired) electrons. The second-order valence-corrected chi connectivity index (χ2v) is 4.68. The van der Waals surface area contributed by atoms with Crippen molar-refractivity contribution in [3.05, 3.63) is 53.9 Å². The minimum atomic E-state index is -0.00736. The van der Waals surface area contributed by atoms with Gasteiger partial charge in [0.25, 0.3) is 5.91 Å². The highest BCUT2D eigenvalue weighted by Gasteiger charge is 2.16. The highest BCUT2D eigenvalue weighted by molar-refractivity contribution is 9.09. The van der Waals surface area contributed by atoms with E-state index >= 15 is 0 Å². The van der Waals surface area contributed by atoms with Crippen LogP contribution in [0, 0.1) is 0 Å². The Balaban J connectivity index is 2.11. The van der Waals surface area contributed by atoms with Crippen LogP contribution in [0.3, 0.4) is 0 Å². The van der Waals surface area contributed by atoms with E-state index in [0.717, 1.165) is 10.9 Å². The van der Waals surface area contributed by atoms with Gasteiger partial charge in [0, 0.05) is 24.6 Å². The monoisotopic (exact) mass is 307 g/mol. The molecule has 1 amide bonds. The summed E-state index contributed by atoms with van der Waals surface area (Å²) in [6, 6.07) is 9.96. The Morgan fingerprint density at radius 1 is 1.33 bits per heavy atom. The number of H-pyrrole nitrogens is 1. The summed E-state index contributed by atoms with van der Waals surface area (Å²) in [4.78, 5) is 14.0. The zero-order valence-corrected chi connectivity index (χ0v) is 11.4. The van der Waals surface area contributed by atoms with Crippen molar-refractivity contribution >= 4 is 21.8 Å². The average molecular weight is 308 g/mol. The number of alkyl halides is 1. The molecule has 0 unspecified atom stereocenters. The molecule has 1 heterocycles. The molecule has 0 atom stereocenters. The van der Waals surface area contributed by atoms with Gasteiger partial charge in [-0.2, -0.15) is 5.10 Å². The van der Waals surface area contributed by atoms with E-state index in [1.807, 2.05) is 30.3 Å². The Kier molecular flexibility index (Phi) is 4.52. The van der Waals surface area contributed by atoms with E-state index in [1.165, 1.54) is 0 Å². The molecule has 0 aliphatic carbocycles. The number of hydrogen-bond acceptors (Lipinski definition) is 2. The van der Waals surface area contributed by atoms with Crippen LogP contribution in [0.4, 0.5) is 0 Å². The van der Waals surface area contributed by atoms with E-state index in [9.17, 15) is 4.79 Å². The number of rotatable bonds is 5. The summed E-state index contributed by atoms with van der Waals surface area (Å²) in [5.74, 6) is -0.00736. The lowest BCUT2D eigenvalue weighted by molar-refractivity contribution is 0.0755. The Bertz CT molecular complexity index is 484. The summed E-state index contributed by atoms with van der Waals surface area (Å²) in [7, 11) is 0. The molecule has 1 aromatic carbocycles. The van der Waals surface area contributed by atoms with E-state index in [0.29, 0.717) is 18.7 Å². The van der Waals surface area contributed by atoms with Crippen LogP contribution in [0.25, 0.3) is 0 Å². The first kappa shape index (κ1) is 12.8. The van der Waals surface area contributed by atoms with Crippen molar-refractivity contribution in [2.75, 3.05) is 11.9 Å². The first-order valence-electron chi connectivity index (χ1n) is 5.69. The topological polar surface area (TPSA) is 49.0 Å². The normalized spacial score (nSPS) is 10.3. The third-order valence-corrected chi connectivity index (χ3v) is 2.96.